The molecule has 0 spiro atoms. The summed E-state index contributed by atoms with van der Waals surface area (Å²) < 4.78 is 28.7. The smallest absolute Gasteiger partial charge is 0.264 e. The number of halogens is 3. The summed E-state index contributed by atoms with van der Waals surface area (Å²) in [4.78, 5) is 28.8. The quantitative estimate of drug-likeness (QED) is 0.277. The van der Waals surface area contributed by atoms with Crippen LogP contribution < -0.4 is 9.62 Å². The van der Waals surface area contributed by atoms with E-state index in [-0.39, 0.29) is 39.5 Å². The molecule has 1 N–H and O–H groups in total. The Morgan fingerprint density at radius 3 is 2.02 bits per heavy atom. The summed E-state index contributed by atoms with van der Waals surface area (Å²) in [6.07, 6.45) is 0.284. The Kier molecular flexibility index (Phi) is 10.5. The molecule has 0 heterocycles. The monoisotopic (exact) mass is 623 g/mol. The van der Waals surface area contributed by atoms with Gasteiger partial charge in [0.1, 0.15) is 12.6 Å². The maximum absolute atomic E-state index is 14.1. The standard InChI is InChI=1S/C29H32Cl3N3O4S/c1-5-26(28(37)33-29(2,3)4)34(18-20-11-9-10-14-25(20)32)27(36)19-35(23-16-21(30)15-22(31)17-23)40(38,39)24-12-7-6-8-13-24/h6-17,26H,5,18-19H2,1-4H3,(H,33,37)/t26-/m0/s1. The summed E-state index contributed by atoms with van der Waals surface area (Å²) in [6.45, 7) is 6.69. The van der Waals surface area contributed by atoms with Gasteiger partial charge in [0.25, 0.3) is 10.0 Å². The Morgan fingerprint density at radius 2 is 1.48 bits per heavy atom. The molecule has 0 radical (unpaired) electrons. The molecule has 11 heteroatoms. The molecule has 3 aromatic carbocycles. The van der Waals surface area contributed by atoms with Gasteiger partial charge < -0.3 is 10.2 Å². The highest BCUT2D eigenvalue weighted by molar-refractivity contribution is 7.92. The van der Waals surface area contributed by atoms with Crippen LogP contribution in [-0.2, 0) is 26.2 Å². The van der Waals surface area contributed by atoms with E-state index in [0.717, 1.165) is 4.31 Å². The van der Waals surface area contributed by atoms with E-state index < -0.39 is 34.1 Å². The van der Waals surface area contributed by atoms with Crippen LogP contribution >= 0.6 is 34.8 Å². The van der Waals surface area contributed by atoms with E-state index in [1.165, 1.54) is 35.2 Å². The number of amides is 2. The van der Waals surface area contributed by atoms with Gasteiger partial charge in [0.2, 0.25) is 11.8 Å². The fourth-order valence-corrected chi connectivity index (χ4v) is 6.24. The van der Waals surface area contributed by atoms with Crippen LogP contribution in [0, 0.1) is 0 Å². The third-order valence-electron chi connectivity index (χ3n) is 5.93. The third-order valence-corrected chi connectivity index (χ3v) is 8.52. The van der Waals surface area contributed by atoms with Gasteiger partial charge in [0.05, 0.1) is 10.6 Å². The van der Waals surface area contributed by atoms with Crippen LogP contribution in [0.4, 0.5) is 5.69 Å². The topological polar surface area (TPSA) is 86.8 Å². The second-order valence-corrected chi connectivity index (χ2v) is 13.4. The number of hydrogen-bond donors (Lipinski definition) is 1. The average molecular weight is 625 g/mol. The molecule has 0 aromatic heterocycles. The van der Waals surface area contributed by atoms with Crippen LogP contribution in [0.5, 0.6) is 0 Å². The van der Waals surface area contributed by atoms with Gasteiger partial charge in [-0.15, -0.1) is 0 Å². The molecule has 0 fully saturated rings. The number of sulfonamides is 1. The zero-order valence-corrected chi connectivity index (χ0v) is 25.8. The van der Waals surface area contributed by atoms with E-state index >= 15 is 0 Å². The zero-order valence-electron chi connectivity index (χ0n) is 22.7. The third kappa shape index (κ3) is 8.13. The van der Waals surface area contributed by atoms with Gasteiger partial charge in [-0.2, -0.15) is 0 Å². The van der Waals surface area contributed by atoms with Gasteiger partial charge in [-0.05, 0) is 69.2 Å². The Bertz CT molecular complexity index is 1440. The predicted molar refractivity (Wildman–Crippen MR) is 161 cm³/mol. The van der Waals surface area contributed by atoms with E-state index in [2.05, 4.69) is 5.32 Å². The number of rotatable bonds is 10. The molecule has 3 aromatic rings. The summed E-state index contributed by atoms with van der Waals surface area (Å²) in [6, 6.07) is 18.1. The number of benzene rings is 3. The molecule has 0 saturated heterocycles. The number of carbonyl (C=O) groups is 2. The molecular formula is C29H32Cl3N3O4S. The number of hydrogen-bond acceptors (Lipinski definition) is 4. The van der Waals surface area contributed by atoms with Crippen molar-refractivity contribution in [2.45, 2.75) is 57.1 Å². The van der Waals surface area contributed by atoms with Crippen molar-refractivity contribution < 1.29 is 18.0 Å². The van der Waals surface area contributed by atoms with Gasteiger partial charge in [-0.25, -0.2) is 8.42 Å². The van der Waals surface area contributed by atoms with Crippen LogP contribution in [0.3, 0.4) is 0 Å². The van der Waals surface area contributed by atoms with Crippen LogP contribution in [0.15, 0.2) is 77.7 Å². The molecule has 0 bridgehead atoms. The molecule has 0 aliphatic heterocycles. The lowest BCUT2D eigenvalue weighted by molar-refractivity contribution is -0.141. The summed E-state index contributed by atoms with van der Waals surface area (Å²) in [5, 5.41) is 3.75. The Balaban J connectivity index is 2.11. The molecule has 7 nitrogen and oxygen atoms in total. The van der Waals surface area contributed by atoms with Crippen molar-refractivity contribution >= 4 is 62.3 Å². The lowest BCUT2D eigenvalue weighted by atomic mass is 10.1. The molecule has 0 aliphatic rings. The van der Waals surface area contributed by atoms with Crippen molar-refractivity contribution in [2.24, 2.45) is 0 Å². The molecule has 2 amide bonds. The lowest BCUT2D eigenvalue weighted by Gasteiger charge is -2.35. The van der Waals surface area contributed by atoms with Crippen LogP contribution in [0.1, 0.15) is 39.7 Å². The summed E-state index contributed by atoms with van der Waals surface area (Å²) in [5.41, 5.74) is 0.173. The minimum atomic E-state index is -4.24. The molecule has 0 unspecified atom stereocenters. The van der Waals surface area contributed by atoms with Crippen LogP contribution in [-0.4, -0.2) is 43.3 Å². The number of carbonyl (C=O) groups excluding carboxylic acids is 2. The van der Waals surface area contributed by atoms with Crippen molar-refractivity contribution in [1.82, 2.24) is 10.2 Å². The molecule has 40 heavy (non-hydrogen) atoms. The highest BCUT2D eigenvalue weighted by Crippen LogP contribution is 2.30. The normalized spacial score (nSPS) is 12.5. The molecule has 0 saturated carbocycles. The maximum atomic E-state index is 14.1. The fourth-order valence-electron chi connectivity index (χ4n) is 4.11. The highest BCUT2D eigenvalue weighted by atomic mass is 35.5. The SMILES string of the molecule is CC[C@@H](C(=O)NC(C)(C)C)N(Cc1ccccc1Cl)C(=O)CN(c1cc(Cl)cc(Cl)c1)S(=O)(=O)c1ccccc1. The predicted octanol–water partition coefficient (Wildman–Crippen LogP) is 6.56. The molecule has 0 aliphatic carbocycles. The molecule has 1 atom stereocenters. The summed E-state index contributed by atoms with van der Waals surface area (Å²) >= 11 is 18.9. The van der Waals surface area contributed by atoms with Crippen LogP contribution in [0.2, 0.25) is 15.1 Å². The summed E-state index contributed by atoms with van der Waals surface area (Å²) in [5.74, 6) is -0.967. The van der Waals surface area contributed by atoms with Crippen molar-refractivity contribution in [1.29, 1.82) is 0 Å². The van der Waals surface area contributed by atoms with Crippen molar-refractivity contribution in [3.63, 3.8) is 0 Å². The number of anilines is 1. The Labute approximate surface area is 251 Å². The van der Waals surface area contributed by atoms with Crippen molar-refractivity contribution in [3.8, 4) is 0 Å². The Morgan fingerprint density at radius 1 is 0.900 bits per heavy atom. The van der Waals surface area contributed by atoms with Gasteiger partial charge in [-0.3, -0.25) is 13.9 Å². The van der Waals surface area contributed by atoms with Gasteiger partial charge >= 0.3 is 0 Å². The molecule has 3 rings (SSSR count). The van der Waals surface area contributed by atoms with E-state index in [0.29, 0.717) is 10.6 Å². The minimum absolute atomic E-state index is 0.00982. The first-order valence-corrected chi connectivity index (χ1v) is 15.2. The Hall–Kier alpha value is -2.78. The fraction of sp³-hybridized carbons (Fsp3) is 0.310. The lowest BCUT2D eigenvalue weighted by Crippen LogP contribution is -2.55. The first-order chi connectivity index (χ1) is 18.7. The van der Waals surface area contributed by atoms with Crippen molar-refractivity contribution in [2.75, 3.05) is 10.8 Å². The summed E-state index contributed by atoms with van der Waals surface area (Å²) in [7, 11) is -4.24. The first kappa shape index (κ1) is 31.7. The first-order valence-electron chi connectivity index (χ1n) is 12.6. The molecular weight excluding hydrogens is 593 g/mol. The molecule has 214 valence electrons. The van der Waals surface area contributed by atoms with Gasteiger partial charge in [0.15, 0.2) is 0 Å². The van der Waals surface area contributed by atoms with E-state index in [9.17, 15) is 18.0 Å². The van der Waals surface area contributed by atoms with E-state index in [1.807, 2.05) is 20.8 Å². The van der Waals surface area contributed by atoms with E-state index in [4.69, 9.17) is 34.8 Å². The average Bonchev–Trinajstić information content (AvgIpc) is 2.87. The van der Waals surface area contributed by atoms with E-state index in [1.54, 1.807) is 49.4 Å². The zero-order chi connectivity index (χ0) is 29.7. The minimum Gasteiger partial charge on any atom is -0.350 e. The second kappa shape index (κ2) is 13.3. The van der Waals surface area contributed by atoms with Gasteiger partial charge in [-0.1, -0.05) is 78.1 Å². The van der Waals surface area contributed by atoms with Crippen molar-refractivity contribution in [3.05, 3.63) is 93.4 Å². The van der Waals surface area contributed by atoms with Gasteiger partial charge in [0, 0.05) is 27.2 Å². The highest BCUT2D eigenvalue weighted by Gasteiger charge is 2.35. The number of nitrogens with zero attached hydrogens (tertiary/aromatic N) is 2. The second-order valence-electron chi connectivity index (χ2n) is 10.2. The van der Waals surface area contributed by atoms with Crippen LogP contribution in [0.25, 0.3) is 0 Å². The number of nitrogens with one attached hydrogen (secondary N) is 1. The maximum Gasteiger partial charge on any atom is 0.264 e. The largest absolute Gasteiger partial charge is 0.350 e.